The van der Waals surface area contributed by atoms with Gasteiger partial charge in [-0.05, 0) is 49.5 Å². The SMILES string of the molecule is CCCC1CCN(Cc2cc(F)c(O)c(F)c2)CC1. The first kappa shape index (κ1) is 14.3. The van der Waals surface area contributed by atoms with Crippen molar-refractivity contribution < 1.29 is 13.9 Å². The molecule has 1 aromatic rings. The third kappa shape index (κ3) is 3.66. The number of hydrogen-bond donors (Lipinski definition) is 1. The molecule has 0 aliphatic carbocycles. The molecule has 0 spiro atoms. The van der Waals surface area contributed by atoms with Gasteiger partial charge in [0.1, 0.15) is 0 Å². The van der Waals surface area contributed by atoms with Crippen LogP contribution < -0.4 is 0 Å². The largest absolute Gasteiger partial charge is 0.503 e. The molecule has 2 rings (SSSR count). The van der Waals surface area contributed by atoms with Crippen LogP contribution in [0.5, 0.6) is 5.75 Å². The monoisotopic (exact) mass is 269 g/mol. The summed E-state index contributed by atoms with van der Waals surface area (Å²) in [4.78, 5) is 2.22. The molecular formula is C15H21F2NO. The summed E-state index contributed by atoms with van der Waals surface area (Å²) in [5.74, 6) is -1.84. The minimum Gasteiger partial charge on any atom is -0.503 e. The Morgan fingerprint density at radius 1 is 1.21 bits per heavy atom. The molecule has 1 aliphatic rings. The zero-order chi connectivity index (χ0) is 13.8. The van der Waals surface area contributed by atoms with Gasteiger partial charge in [0.15, 0.2) is 17.4 Å². The second kappa shape index (κ2) is 6.33. The maximum Gasteiger partial charge on any atom is 0.187 e. The van der Waals surface area contributed by atoms with Crippen molar-refractivity contribution in [3.63, 3.8) is 0 Å². The predicted octanol–water partition coefficient (Wildman–Crippen LogP) is 3.68. The maximum atomic E-state index is 13.2. The van der Waals surface area contributed by atoms with E-state index >= 15 is 0 Å². The van der Waals surface area contributed by atoms with Crippen LogP contribution in [0.1, 0.15) is 38.2 Å². The first-order valence-corrected chi connectivity index (χ1v) is 6.99. The summed E-state index contributed by atoms with van der Waals surface area (Å²) in [5, 5.41) is 9.07. The van der Waals surface area contributed by atoms with Crippen molar-refractivity contribution in [2.75, 3.05) is 13.1 Å². The molecule has 106 valence electrons. The molecule has 0 radical (unpaired) electrons. The molecule has 0 amide bonds. The van der Waals surface area contributed by atoms with Crippen molar-refractivity contribution in [2.24, 2.45) is 5.92 Å². The van der Waals surface area contributed by atoms with Gasteiger partial charge in [-0.3, -0.25) is 4.90 Å². The van der Waals surface area contributed by atoms with Crippen LogP contribution >= 0.6 is 0 Å². The van der Waals surface area contributed by atoms with Crippen LogP contribution in [-0.2, 0) is 6.54 Å². The molecule has 1 aromatic carbocycles. The van der Waals surface area contributed by atoms with Crippen molar-refractivity contribution in [1.82, 2.24) is 4.90 Å². The highest BCUT2D eigenvalue weighted by atomic mass is 19.1. The van der Waals surface area contributed by atoms with Crippen LogP contribution in [0.25, 0.3) is 0 Å². The lowest BCUT2D eigenvalue weighted by atomic mass is 9.92. The van der Waals surface area contributed by atoms with Crippen molar-refractivity contribution >= 4 is 0 Å². The number of piperidine rings is 1. The van der Waals surface area contributed by atoms with Gasteiger partial charge in [-0.15, -0.1) is 0 Å². The molecule has 0 unspecified atom stereocenters. The summed E-state index contributed by atoms with van der Waals surface area (Å²) in [5.41, 5.74) is 0.585. The van der Waals surface area contributed by atoms with Crippen LogP contribution in [0.2, 0.25) is 0 Å². The highest BCUT2D eigenvalue weighted by molar-refractivity contribution is 5.30. The number of phenols is 1. The third-order valence-corrected chi connectivity index (χ3v) is 3.89. The highest BCUT2D eigenvalue weighted by Gasteiger charge is 2.19. The van der Waals surface area contributed by atoms with Crippen LogP contribution in [0, 0.1) is 17.6 Å². The molecule has 1 saturated heterocycles. The molecule has 1 fully saturated rings. The van der Waals surface area contributed by atoms with Gasteiger partial charge in [-0.2, -0.15) is 0 Å². The average molecular weight is 269 g/mol. The zero-order valence-electron chi connectivity index (χ0n) is 11.3. The fourth-order valence-electron chi connectivity index (χ4n) is 2.81. The molecule has 1 heterocycles. The van der Waals surface area contributed by atoms with Gasteiger partial charge >= 0.3 is 0 Å². The van der Waals surface area contributed by atoms with Gasteiger partial charge in [-0.25, -0.2) is 8.78 Å². The molecule has 19 heavy (non-hydrogen) atoms. The predicted molar refractivity (Wildman–Crippen MR) is 70.9 cm³/mol. The fraction of sp³-hybridized carbons (Fsp3) is 0.600. The number of aromatic hydroxyl groups is 1. The van der Waals surface area contributed by atoms with E-state index in [1.165, 1.54) is 25.0 Å². The normalized spacial score (nSPS) is 17.8. The van der Waals surface area contributed by atoms with Crippen LogP contribution in [0.4, 0.5) is 8.78 Å². The van der Waals surface area contributed by atoms with E-state index in [9.17, 15) is 8.78 Å². The molecule has 2 nitrogen and oxygen atoms in total. The Morgan fingerprint density at radius 2 is 1.79 bits per heavy atom. The minimum absolute atomic E-state index is 0.549. The molecular weight excluding hydrogens is 248 g/mol. The quantitative estimate of drug-likeness (QED) is 0.901. The molecule has 1 N–H and O–H groups in total. The van der Waals surface area contributed by atoms with E-state index in [-0.39, 0.29) is 0 Å². The lowest BCUT2D eigenvalue weighted by molar-refractivity contribution is 0.171. The number of likely N-dealkylation sites (tertiary alicyclic amines) is 1. The lowest BCUT2D eigenvalue weighted by Crippen LogP contribution is -2.33. The van der Waals surface area contributed by atoms with Gasteiger partial charge < -0.3 is 5.11 Å². The molecule has 0 atom stereocenters. The second-order valence-electron chi connectivity index (χ2n) is 5.42. The van der Waals surface area contributed by atoms with E-state index in [0.717, 1.165) is 31.8 Å². The smallest absolute Gasteiger partial charge is 0.187 e. The van der Waals surface area contributed by atoms with Gasteiger partial charge in [-0.1, -0.05) is 19.8 Å². The Hall–Kier alpha value is -1.16. The van der Waals surface area contributed by atoms with Gasteiger partial charge in [0, 0.05) is 6.54 Å². The van der Waals surface area contributed by atoms with Crippen molar-refractivity contribution in [3.05, 3.63) is 29.3 Å². The first-order valence-electron chi connectivity index (χ1n) is 6.99. The van der Waals surface area contributed by atoms with Crippen LogP contribution in [-0.4, -0.2) is 23.1 Å². The molecule has 0 aromatic heterocycles. The molecule has 0 bridgehead atoms. The van der Waals surface area contributed by atoms with Crippen molar-refractivity contribution in [2.45, 2.75) is 39.2 Å². The third-order valence-electron chi connectivity index (χ3n) is 3.89. The van der Waals surface area contributed by atoms with Gasteiger partial charge in [0.2, 0.25) is 0 Å². The summed E-state index contributed by atoms with van der Waals surface area (Å²) >= 11 is 0. The van der Waals surface area contributed by atoms with Gasteiger partial charge in [0.25, 0.3) is 0 Å². The lowest BCUT2D eigenvalue weighted by Gasteiger charge is -2.31. The number of rotatable bonds is 4. The first-order chi connectivity index (χ1) is 9.10. The van der Waals surface area contributed by atoms with Crippen molar-refractivity contribution in [1.29, 1.82) is 0 Å². The molecule has 4 heteroatoms. The Kier molecular flexibility index (Phi) is 4.75. The summed E-state index contributed by atoms with van der Waals surface area (Å²) in [6, 6.07) is 2.44. The number of nitrogens with zero attached hydrogens (tertiary/aromatic N) is 1. The summed E-state index contributed by atoms with van der Waals surface area (Å²) in [6.45, 7) is 4.71. The molecule has 1 aliphatic heterocycles. The Balaban J connectivity index is 1.92. The topological polar surface area (TPSA) is 23.5 Å². The summed E-state index contributed by atoms with van der Waals surface area (Å²) in [7, 11) is 0. The highest BCUT2D eigenvalue weighted by Crippen LogP contribution is 2.25. The van der Waals surface area contributed by atoms with E-state index in [4.69, 9.17) is 5.11 Å². The summed E-state index contributed by atoms with van der Waals surface area (Å²) in [6.07, 6.45) is 4.82. The Bertz CT molecular complexity index is 405. The van der Waals surface area contributed by atoms with E-state index in [2.05, 4.69) is 11.8 Å². The summed E-state index contributed by atoms with van der Waals surface area (Å²) < 4.78 is 26.5. The number of halogens is 2. The molecule has 0 saturated carbocycles. The van der Waals surface area contributed by atoms with Crippen molar-refractivity contribution in [3.8, 4) is 5.75 Å². The Labute approximate surface area is 113 Å². The van der Waals surface area contributed by atoms with E-state index in [1.54, 1.807) is 0 Å². The second-order valence-corrected chi connectivity index (χ2v) is 5.42. The Morgan fingerprint density at radius 3 is 2.32 bits per heavy atom. The van der Waals surface area contributed by atoms with Crippen LogP contribution in [0.15, 0.2) is 12.1 Å². The van der Waals surface area contributed by atoms with E-state index < -0.39 is 17.4 Å². The van der Waals surface area contributed by atoms with Gasteiger partial charge in [0.05, 0.1) is 0 Å². The fourth-order valence-corrected chi connectivity index (χ4v) is 2.81. The van der Waals surface area contributed by atoms with Crippen LogP contribution in [0.3, 0.4) is 0 Å². The maximum absolute atomic E-state index is 13.2. The standard InChI is InChI=1S/C15H21F2NO/c1-2-3-11-4-6-18(7-5-11)10-12-8-13(16)15(19)14(17)9-12/h8-9,11,19H,2-7,10H2,1H3. The average Bonchev–Trinajstić information content (AvgIpc) is 2.38. The number of hydrogen-bond acceptors (Lipinski definition) is 2. The van der Waals surface area contributed by atoms with E-state index in [1.807, 2.05) is 0 Å². The zero-order valence-corrected chi connectivity index (χ0v) is 11.3. The number of benzene rings is 1. The van der Waals surface area contributed by atoms with E-state index in [0.29, 0.717) is 12.1 Å². The minimum atomic E-state index is -0.884. The number of phenolic OH excluding ortho intramolecular Hbond substituents is 1.